The lowest BCUT2D eigenvalue weighted by Crippen LogP contribution is -2.16. The first-order valence-electron chi connectivity index (χ1n) is 8.97. The highest BCUT2D eigenvalue weighted by molar-refractivity contribution is 7.15. The first-order valence-corrected chi connectivity index (χ1v) is 9.85. The van der Waals surface area contributed by atoms with Gasteiger partial charge >= 0.3 is 5.97 Å². The van der Waals surface area contributed by atoms with E-state index in [4.69, 9.17) is 4.74 Å². The van der Waals surface area contributed by atoms with Gasteiger partial charge in [0, 0.05) is 40.4 Å². The van der Waals surface area contributed by atoms with E-state index in [1.807, 2.05) is 34.4 Å². The number of esters is 1. The summed E-state index contributed by atoms with van der Waals surface area (Å²) in [6, 6.07) is 7.80. The standard InChI is InChI=1S/C21H18FN3O3S/c1-13-9-18(14(2)25(13)17-5-3-15(22)4-6-17)19(26)12-28-20(27)10-16-11-24-7-8-29-21(24)23-16/h3-9,11H,10,12H2,1-2H3. The van der Waals surface area contributed by atoms with Gasteiger partial charge in [0.1, 0.15) is 5.82 Å². The van der Waals surface area contributed by atoms with E-state index in [9.17, 15) is 14.0 Å². The first-order chi connectivity index (χ1) is 13.9. The van der Waals surface area contributed by atoms with Gasteiger partial charge in [-0.3, -0.25) is 14.0 Å². The fourth-order valence-electron chi connectivity index (χ4n) is 3.32. The molecule has 0 fully saturated rings. The number of hydrogen-bond acceptors (Lipinski definition) is 5. The monoisotopic (exact) mass is 411 g/mol. The summed E-state index contributed by atoms with van der Waals surface area (Å²) in [6.45, 7) is 3.33. The van der Waals surface area contributed by atoms with Crippen LogP contribution in [-0.2, 0) is 16.0 Å². The highest BCUT2D eigenvalue weighted by Gasteiger charge is 2.19. The molecule has 3 aromatic heterocycles. The van der Waals surface area contributed by atoms with Crippen molar-refractivity contribution < 1.29 is 18.7 Å². The maximum atomic E-state index is 13.2. The summed E-state index contributed by atoms with van der Waals surface area (Å²) in [5.74, 6) is -1.11. The van der Waals surface area contributed by atoms with Crippen LogP contribution in [0.5, 0.6) is 0 Å². The summed E-state index contributed by atoms with van der Waals surface area (Å²) in [4.78, 5) is 29.8. The lowest BCUT2D eigenvalue weighted by atomic mass is 10.1. The summed E-state index contributed by atoms with van der Waals surface area (Å²) in [5.41, 5.74) is 3.38. The maximum absolute atomic E-state index is 13.2. The van der Waals surface area contributed by atoms with Gasteiger partial charge in [-0.25, -0.2) is 9.37 Å². The Bertz CT molecular complexity index is 1180. The van der Waals surface area contributed by atoms with Gasteiger partial charge in [-0.05, 0) is 44.2 Å². The average molecular weight is 411 g/mol. The number of aromatic nitrogens is 3. The third kappa shape index (κ3) is 3.84. The molecule has 0 saturated carbocycles. The Balaban J connectivity index is 1.43. The molecule has 0 radical (unpaired) electrons. The van der Waals surface area contributed by atoms with Crippen LogP contribution in [0, 0.1) is 19.7 Å². The van der Waals surface area contributed by atoms with Crippen LogP contribution in [0.25, 0.3) is 10.6 Å². The molecule has 3 heterocycles. The van der Waals surface area contributed by atoms with Gasteiger partial charge in [-0.1, -0.05) is 0 Å². The number of rotatable bonds is 6. The number of fused-ring (bicyclic) bond motifs is 1. The number of imidazole rings is 1. The number of halogens is 1. The minimum absolute atomic E-state index is 0.0102. The predicted octanol–water partition coefficient (Wildman–Crippen LogP) is 3.91. The molecule has 1 aromatic carbocycles. The summed E-state index contributed by atoms with van der Waals surface area (Å²) < 4.78 is 22.1. The summed E-state index contributed by atoms with van der Waals surface area (Å²) in [5, 5.41) is 1.91. The van der Waals surface area contributed by atoms with E-state index in [0.717, 1.165) is 16.3 Å². The zero-order chi connectivity index (χ0) is 20.5. The number of carbonyl (C=O) groups is 2. The van der Waals surface area contributed by atoms with E-state index < -0.39 is 5.97 Å². The summed E-state index contributed by atoms with van der Waals surface area (Å²) >= 11 is 1.48. The average Bonchev–Trinajstić information content (AvgIpc) is 3.34. The van der Waals surface area contributed by atoms with Crippen molar-refractivity contribution in [3.63, 3.8) is 0 Å². The van der Waals surface area contributed by atoms with Crippen LogP contribution < -0.4 is 0 Å². The molecular formula is C21H18FN3O3S. The lowest BCUT2D eigenvalue weighted by molar-refractivity contribution is -0.141. The van der Waals surface area contributed by atoms with Crippen LogP contribution in [0.1, 0.15) is 27.4 Å². The van der Waals surface area contributed by atoms with Gasteiger partial charge in [0.15, 0.2) is 11.6 Å². The van der Waals surface area contributed by atoms with Gasteiger partial charge in [-0.2, -0.15) is 0 Å². The molecule has 0 aliphatic carbocycles. The molecule has 4 rings (SSSR count). The Hall–Kier alpha value is -3.26. The van der Waals surface area contributed by atoms with Crippen LogP contribution in [0.2, 0.25) is 0 Å². The smallest absolute Gasteiger partial charge is 0.312 e. The minimum Gasteiger partial charge on any atom is -0.457 e. The quantitative estimate of drug-likeness (QED) is 0.356. The van der Waals surface area contributed by atoms with Gasteiger partial charge in [0.25, 0.3) is 0 Å². The number of hydrogen-bond donors (Lipinski definition) is 0. The number of carbonyl (C=O) groups excluding carboxylic acids is 2. The van der Waals surface area contributed by atoms with Crippen LogP contribution in [0.4, 0.5) is 4.39 Å². The molecule has 0 amide bonds. The Kier molecular flexibility index (Phi) is 5.02. The van der Waals surface area contributed by atoms with Crippen LogP contribution >= 0.6 is 11.3 Å². The second-order valence-electron chi connectivity index (χ2n) is 6.68. The molecule has 0 N–H and O–H groups in total. The fourth-order valence-corrected chi connectivity index (χ4v) is 4.04. The van der Waals surface area contributed by atoms with Crippen molar-refractivity contribution in [1.82, 2.24) is 14.0 Å². The molecule has 8 heteroatoms. The Morgan fingerprint density at radius 3 is 2.69 bits per heavy atom. The third-order valence-corrected chi connectivity index (χ3v) is 5.42. The molecule has 6 nitrogen and oxygen atoms in total. The van der Waals surface area contributed by atoms with E-state index in [1.165, 1.54) is 23.5 Å². The molecule has 0 aliphatic rings. The number of ether oxygens (including phenoxy) is 1. The molecule has 0 aliphatic heterocycles. The van der Waals surface area contributed by atoms with Crippen LogP contribution in [0.15, 0.2) is 48.1 Å². The zero-order valence-electron chi connectivity index (χ0n) is 15.9. The molecule has 0 saturated heterocycles. The highest BCUT2D eigenvalue weighted by atomic mass is 32.1. The molecule has 0 bridgehead atoms. The molecule has 29 heavy (non-hydrogen) atoms. The van der Waals surface area contributed by atoms with Crippen molar-refractivity contribution in [2.75, 3.05) is 6.61 Å². The first kappa shape index (κ1) is 19.1. The second-order valence-corrected chi connectivity index (χ2v) is 7.56. The molecule has 0 unspecified atom stereocenters. The maximum Gasteiger partial charge on any atom is 0.312 e. The summed E-state index contributed by atoms with van der Waals surface area (Å²) in [6.07, 6.45) is 3.64. The molecular weight excluding hydrogens is 393 g/mol. The number of Topliss-reactive ketones (excluding diaryl/α,β-unsaturated/α-hetero) is 1. The third-order valence-electron chi connectivity index (χ3n) is 4.65. The lowest BCUT2D eigenvalue weighted by Gasteiger charge is -2.10. The molecule has 148 valence electrons. The summed E-state index contributed by atoms with van der Waals surface area (Å²) in [7, 11) is 0. The molecule has 0 atom stereocenters. The molecule has 4 aromatic rings. The van der Waals surface area contributed by atoms with Crippen molar-refractivity contribution in [2.45, 2.75) is 20.3 Å². The van der Waals surface area contributed by atoms with Crippen molar-refractivity contribution in [3.05, 3.63) is 76.6 Å². The SMILES string of the molecule is Cc1cc(C(=O)COC(=O)Cc2cn3ccsc3n2)c(C)n1-c1ccc(F)cc1. The second kappa shape index (κ2) is 7.63. The van der Waals surface area contributed by atoms with Crippen LogP contribution in [0.3, 0.4) is 0 Å². The van der Waals surface area contributed by atoms with Crippen molar-refractivity contribution >= 4 is 28.1 Å². The normalized spacial score (nSPS) is 11.1. The predicted molar refractivity (Wildman–Crippen MR) is 107 cm³/mol. The number of ketones is 1. The number of nitrogens with zero attached hydrogens (tertiary/aromatic N) is 3. The van der Waals surface area contributed by atoms with Crippen LogP contribution in [-0.4, -0.2) is 32.3 Å². The Morgan fingerprint density at radius 2 is 1.97 bits per heavy atom. The minimum atomic E-state index is -0.503. The van der Waals surface area contributed by atoms with E-state index in [1.54, 1.807) is 24.4 Å². The Morgan fingerprint density at radius 1 is 1.21 bits per heavy atom. The highest BCUT2D eigenvalue weighted by Crippen LogP contribution is 2.21. The molecule has 0 spiro atoms. The number of aryl methyl sites for hydroxylation is 1. The van der Waals surface area contributed by atoms with Gasteiger partial charge in [0.2, 0.25) is 5.78 Å². The number of benzene rings is 1. The van der Waals surface area contributed by atoms with E-state index in [0.29, 0.717) is 17.0 Å². The van der Waals surface area contributed by atoms with Gasteiger partial charge < -0.3 is 9.30 Å². The fraction of sp³-hybridized carbons (Fsp3) is 0.190. The van der Waals surface area contributed by atoms with Crippen molar-refractivity contribution in [1.29, 1.82) is 0 Å². The topological polar surface area (TPSA) is 65.6 Å². The van der Waals surface area contributed by atoms with Gasteiger partial charge in [0.05, 0.1) is 12.1 Å². The van der Waals surface area contributed by atoms with Gasteiger partial charge in [-0.15, -0.1) is 11.3 Å². The largest absolute Gasteiger partial charge is 0.457 e. The van der Waals surface area contributed by atoms with Crippen molar-refractivity contribution in [3.8, 4) is 5.69 Å². The van der Waals surface area contributed by atoms with E-state index in [-0.39, 0.29) is 24.6 Å². The Labute approximate surface area is 170 Å². The van der Waals surface area contributed by atoms with E-state index >= 15 is 0 Å². The van der Waals surface area contributed by atoms with Crippen molar-refractivity contribution in [2.24, 2.45) is 0 Å². The number of thiazole rings is 1. The zero-order valence-corrected chi connectivity index (χ0v) is 16.7. The van der Waals surface area contributed by atoms with E-state index in [2.05, 4.69) is 4.98 Å².